The average molecular weight is 350 g/mol. The summed E-state index contributed by atoms with van der Waals surface area (Å²) in [6.07, 6.45) is 3.34. The maximum atomic E-state index is 12.2. The maximum Gasteiger partial charge on any atom is 0.273 e. The Bertz CT molecular complexity index is 888. The molecular weight excluding hydrogens is 332 g/mol. The molecule has 3 aromatic rings. The number of anilines is 1. The largest absolute Gasteiger partial charge is 0.355 e. The highest BCUT2D eigenvalue weighted by atomic mass is 16.5. The molecule has 0 unspecified atom stereocenters. The van der Waals surface area contributed by atoms with E-state index in [9.17, 15) is 4.79 Å². The van der Waals surface area contributed by atoms with Gasteiger partial charge < -0.3 is 14.7 Å². The predicted molar refractivity (Wildman–Crippen MR) is 94.5 cm³/mol. The number of aryl methyl sites for hydroxylation is 1. The molecule has 0 aromatic carbocycles. The van der Waals surface area contributed by atoms with E-state index in [0.717, 1.165) is 30.2 Å². The van der Waals surface area contributed by atoms with E-state index in [4.69, 9.17) is 4.52 Å². The number of hydrogen-bond acceptors (Lipinski definition) is 7. The number of amides is 1. The Morgan fingerprint density at radius 3 is 2.92 bits per heavy atom. The fourth-order valence-electron chi connectivity index (χ4n) is 2.80. The van der Waals surface area contributed by atoms with Crippen LogP contribution in [-0.2, 0) is 0 Å². The molecule has 1 aliphatic heterocycles. The summed E-state index contributed by atoms with van der Waals surface area (Å²) in [6.45, 7) is 4.19. The fraction of sp³-hybridized carbons (Fsp3) is 0.278. The van der Waals surface area contributed by atoms with Crippen LogP contribution in [0.15, 0.2) is 47.2 Å². The quantitative estimate of drug-likeness (QED) is 0.748. The minimum atomic E-state index is -0.238. The molecule has 8 heteroatoms. The molecule has 0 saturated carbocycles. The molecule has 3 aromatic heterocycles. The summed E-state index contributed by atoms with van der Waals surface area (Å²) in [4.78, 5) is 18.4. The predicted octanol–water partition coefficient (Wildman–Crippen LogP) is 1.70. The van der Waals surface area contributed by atoms with Crippen LogP contribution in [0, 0.1) is 12.8 Å². The number of aromatic nitrogens is 4. The molecule has 4 heterocycles. The van der Waals surface area contributed by atoms with Crippen LogP contribution in [0.1, 0.15) is 16.2 Å². The lowest BCUT2D eigenvalue weighted by Crippen LogP contribution is -2.52. The van der Waals surface area contributed by atoms with Crippen molar-refractivity contribution in [3.8, 4) is 11.3 Å². The van der Waals surface area contributed by atoms with Crippen LogP contribution < -0.4 is 10.2 Å². The minimum absolute atomic E-state index is 0.238. The van der Waals surface area contributed by atoms with Gasteiger partial charge in [-0.1, -0.05) is 5.16 Å². The van der Waals surface area contributed by atoms with E-state index in [0.29, 0.717) is 18.2 Å². The zero-order chi connectivity index (χ0) is 17.9. The van der Waals surface area contributed by atoms with Crippen molar-refractivity contribution in [1.82, 2.24) is 25.7 Å². The Morgan fingerprint density at radius 1 is 1.31 bits per heavy atom. The number of carbonyl (C=O) groups is 1. The summed E-state index contributed by atoms with van der Waals surface area (Å²) < 4.78 is 5.23. The van der Waals surface area contributed by atoms with Crippen molar-refractivity contribution < 1.29 is 9.32 Å². The van der Waals surface area contributed by atoms with Crippen molar-refractivity contribution in [2.24, 2.45) is 5.92 Å². The standard InChI is InChI=1S/C18H18N6O2/c1-12-4-5-17(22-21-12)24-10-13(11-24)8-20-18(25)15-7-16(26-23-15)14-3-2-6-19-9-14/h2-7,9,13H,8,10-11H2,1H3,(H,20,25). The Morgan fingerprint density at radius 2 is 2.19 bits per heavy atom. The number of carbonyl (C=O) groups excluding carboxylic acids is 1. The van der Waals surface area contributed by atoms with Gasteiger partial charge in [-0.3, -0.25) is 9.78 Å². The van der Waals surface area contributed by atoms with Crippen molar-refractivity contribution in [1.29, 1.82) is 0 Å². The van der Waals surface area contributed by atoms with E-state index < -0.39 is 0 Å². The molecule has 0 atom stereocenters. The lowest BCUT2D eigenvalue weighted by atomic mass is 10.0. The van der Waals surface area contributed by atoms with Crippen LogP contribution in [-0.4, -0.2) is 45.9 Å². The van der Waals surface area contributed by atoms with Gasteiger partial charge in [-0.15, -0.1) is 5.10 Å². The molecule has 26 heavy (non-hydrogen) atoms. The molecule has 0 bridgehead atoms. The SMILES string of the molecule is Cc1ccc(N2CC(CNC(=O)c3cc(-c4cccnc4)on3)C2)nn1. The Hall–Kier alpha value is -3.29. The summed E-state index contributed by atoms with van der Waals surface area (Å²) >= 11 is 0. The van der Waals surface area contributed by atoms with E-state index in [1.165, 1.54) is 0 Å². The number of hydrogen-bond donors (Lipinski definition) is 1. The van der Waals surface area contributed by atoms with Gasteiger partial charge in [0.15, 0.2) is 17.3 Å². The molecule has 0 spiro atoms. The Kier molecular flexibility index (Phi) is 4.30. The van der Waals surface area contributed by atoms with E-state index in [-0.39, 0.29) is 11.6 Å². The topological polar surface area (TPSA) is 97.0 Å². The lowest BCUT2D eigenvalue weighted by molar-refractivity contribution is 0.0935. The highest BCUT2D eigenvalue weighted by Gasteiger charge is 2.28. The molecule has 4 rings (SSSR count). The van der Waals surface area contributed by atoms with Crippen molar-refractivity contribution >= 4 is 11.7 Å². The van der Waals surface area contributed by atoms with E-state index in [1.54, 1.807) is 24.5 Å². The van der Waals surface area contributed by atoms with Gasteiger partial charge in [-0.2, -0.15) is 5.10 Å². The Balaban J connectivity index is 1.28. The molecular formula is C18H18N6O2. The second kappa shape index (κ2) is 6.91. The minimum Gasteiger partial charge on any atom is -0.355 e. The molecule has 0 radical (unpaired) electrons. The van der Waals surface area contributed by atoms with Gasteiger partial charge in [0, 0.05) is 49.6 Å². The summed E-state index contributed by atoms with van der Waals surface area (Å²) in [5.41, 5.74) is 1.95. The number of nitrogens with one attached hydrogen (secondary N) is 1. The third kappa shape index (κ3) is 3.39. The second-order valence-corrected chi connectivity index (χ2v) is 6.33. The number of nitrogens with zero attached hydrogens (tertiary/aromatic N) is 5. The molecule has 1 N–H and O–H groups in total. The molecule has 1 amide bonds. The third-order valence-corrected chi connectivity index (χ3v) is 4.31. The van der Waals surface area contributed by atoms with Crippen molar-refractivity contribution in [2.75, 3.05) is 24.5 Å². The van der Waals surface area contributed by atoms with Gasteiger partial charge >= 0.3 is 0 Å². The zero-order valence-electron chi connectivity index (χ0n) is 14.3. The smallest absolute Gasteiger partial charge is 0.273 e. The van der Waals surface area contributed by atoms with Crippen LogP contribution in [0.25, 0.3) is 11.3 Å². The van der Waals surface area contributed by atoms with Crippen LogP contribution in [0.3, 0.4) is 0 Å². The number of rotatable bonds is 5. The molecule has 132 valence electrons. The van der Waals surface area contributed by atoms with Gasteiger partial charge in [-0.25, -0.2) is 0 Å². The number of pyridine rings is 1. The fourth-order valence-corrected chi connectivity index (χ4v) is 2.80. The Labute approximate surface area is 150 Å². The normalized spacial score (nSPS) is 14.1. The van der Waals surface area contributed by atoms with Crippen LogP contribution in [0.5, 0.6) is 0 Å². The van der Waals surface area contributed by atoms with Gasteiger partial charge in [0.25, 0.3) is 5.91 Å². The van der Waals surface area contributed by atoms with Crippen LogP contribution >= 0.6 is 0 Å². The first-order valence-electron chi connectivity index (χ1n) is 8.39. The van der Waals surface area contributed by atoms with Gasteiger partial charge in [0.05, 0.1) is 5.69 Å². The van der Waals surface area contributed by atoms with Gasteiger partial charge in [0.1, 0.15) is 0 Å². The maximum absolute atomic E-state index is 12.2. The summed E-state index contributed by atoms with van der Waals surface area (Å²) in [5, 5.41) is 15.0. The molecule has 0 aliphatic carbocycles. The molecule has 1 saturated heterocycles. The van der Waals surface area contributed by atoms with E-state index >= 15 is 0 Å². The van der Waals surface area contributed by atoms with Gasteiger partial charge in [0.2, 0.25) is 0 Å². The summed E-state index contributed by atoms with van der Waals surface area (Å²) in [5.74, 6) is 1.54. The first kappa shape index (κ1) is 16.2. The highest BCUT2D eigenvalue weighted by Crippen LogP contribution is 2.22. The summed E-state index contributed by atoms with van der Waals surface area (Å²) in [6, 6.07) is 9.19. The van der Waals surface area contributed by atoms with Crippen LogP contribution in [0.2, 0.25) is 0 Å². The molecule has 1 aliphatic rings. The van der Waals surface area contributed by atoms with Crippen molar-refractivity contribution in [3.05, 3.63) is 54.1 Å². The summed E-state index contributed by atoms with van der Waals surface area (Å²) in [7, 11) is 0. The highest BCUT2D eigenvalue weighted by molar-refractivity contribution is 5.93. The second-order valence-electron chi connectivity index (χ2n) is 6.33. The van der Waals surface area contributed by atoms with Gasteiger partial charge in [-0.05, 0) is 31.2 Å². The monoisotopic (exact) mass is 350 g/mol. The average Bonchev–Trinajstić information content (AvgIpc) is 3.13. The van der Waals surface area contributed by atoms with Crippen LogP contribution in [0.4, 0.5) is 5.82 Å². The molecule has 1 fully saturated rings. The lowest BCUT2D eigenvalue weighted by Gasteiger charge is -2.39. The van der Waals surface area contributed by atoms with E-state index in [1.807, 2.05) is 25.1 Å². The van der Waals surface area contributed by atoms with E-state index in [2.05, 4.69) is 30.6 Å². The van der Waals surface area contributed by atoms with Crippen molar-refractivity contribution in [2.45, 2.75) is 6.92 Å². The third-order valence-electron chi connectivity index (χ3n) is 4.31. The van der Waals surface area contributed by atoms with Crippen molar-refractivity contribution in [3.63, 3.8) is 0 Å². The first-order chi connectivity index (χ1) is 12.7. The first-order valence-corrected chi connectivity index (χ1v) is 8.39. The zero-order valence-corrected chi connectivity index (χ0v) is 14.3. The molecule has 8 nitrogen and oxygen atoms in total.